The molecule has 0 aromatic heterocycles. The van der Waals surface area contributed by atoms with Gasteiger partial charge in [-0.2, -0.15) is 13.1 Å². The van der Waals surface area contributed by atoms with E-state index in [0.717, 1.165) is 0 Å². The highest BCUT2D eigenvalue weighted by atomic mass is 35.5. The highest BCUT2D eigenvalue weighted by molar-refractivity contribution is 7.83. The minimum atomic E-state index is -4.05. The van der Waals surface area contributed by atoms with Crippen LogP contribution in [0.4, 0.5) is 0 Å². The summed E-state index contributed by atoms with van der Waals surface area (Å²) in [5.41, 5.74) is 0. The molecule has 0 aromatic rings. The summed E-state index contributed by atoms with van der Waals surface area (Å²) in [5, 5.41) is -0.313. The Balaban J connectivity index is 3.53. The van der Waals surface area contributed by atoms with E-state index in [1.807, 2.05) is 4.72 Å². The van der Waals surface area contributed by atoms with Crippen molar-refractivity contribution in [3.63, 3.8) is 0 Å². The third-order valence-corrected chi connectivity index (χ3v) is 1.23. The molecule has 2 N–H and O–H groups in total. The lowest BCUT2D eigenvalue weighted by Crippen LogP contribution is -2.27. The first-order valence-corrected chi connectivity index (χ1v) is 4.15. The monoisotopic (exact) mass is 173 g/mol. The van der Waals surface area contributed by atoms with Crippen LogP contribution in [0.2, 0.25) is 0 Å². The van der Waals surface area contributed by atoms with E-state index >= 15 is 0 Å². The summed E-state index contributed by atoms with van der Waals surface area (Å²) in [6, 6.07) is 0. The van der Waals surface area contributed by atoms with Gasteiger partial charge in [0.15, 0.2) is 0 Å². The number of hydrogen-bond donors (Lipinski definition) is 2. The Hall–Kier alpha value is 0.160. The van der Waals surface area contributed by atoms with Crippen molar-refractivity contribution in [2.75, 3.05) is 6.54 Å². The van der Waals surface area contributed by atoms with Crippen molar-refractivity contribution in [3.8, 4) is 0 Å². The minimum absolute atomic E-state index is 0.0421. The molecule has 56 valence electrons. The van der Waals surface area contributed by atoms with Crippen molar-refractivity contribution < 1.29 is 13.0 Å². The molecule has 0 aliphatic heterocycles. The molecule has 1 atom stereocenters. The Morgan fingerprint density at radius 2 is 2.22 bits per heavy atom. The molecule has 0 heterocycles. The normalized spacial score (nSPS) is 15.4. The lowest BCUT2D eigenvalue weighted by molar-refractivity contribution is 0.468. The molecule has 4 nitrogen and oxygen atoms in total. The molecule has 9 heavy (non-hydrogen) atoms. The zero-order valence-corrected chi connectivity index (χ0v) is 6.41. The van der Waals surface area contributed by atoms with Gasteiger partial charge in [-0.1, -0.05) is 0 Å². The summed E-state index contributed by atoms with van der Waals surface area (Å²) < 4.78 is 29.7. The average Bonchev–Trinajstić information content (AvgIpc) is 1.59. The van der Waals surface area contributed by atoms with Gasteiger partial charge in [0.25, 0.3) is 0 Å². The second-order valence-electron chi connectivity index (χ2n) is 1.60. The Bertz CT molecular complexity index is 164. The van der Waals surface area contributed by atoms with Crippen LogP contribution >= 0.6 is 11.6 Å². The number of nitrogens with one attached hydrogen (secondary N) is 1. The molecule has 0 radical (unpaired) electrons. The van der Waals surface area contributed by atoms with Crippen LogP contribution in [0.3, 0.4) is 0 Å². The zero-order valence-electron chi connectivity index (χ0n) is 4.83. The summed E-state index contributed by atoms with van der Waals surface area (Å²) >= 11 is 5.35. The van der Waals surface area contributed by atoms with Crippen molar-refractivity contribution in [1.82, 2.24) is 4.72 Å². The third-order valence-electron chi connectivity index (χ3n) is 0.547. The van der Waals surface area contributed by atoms with Gasteiger partial charge in [0.1, 0.15) is 0 Å². The average molecular weight is 174 g/mol. The van der Waals surface area contributed by atoms with Crippen LogP contribution in [0, 0.1) is 0 Å². The maximum atomic E-state index is 9.92. The maximum absolute atomic E-state index is 9.92. The van der Waals surface area contributed by atoms with E-state index in [2.05, 4.69) is 0 Å². The quantitative estimate of drug-likeness (QED) is 0.467. The van der Waals surface area contributed by atoms with Gasteiger partial charge in [-0.15, -0.1) is 11.6 Å². The van der Waals surface area contributed by atoms with E-state index in [1.54, 1.807) is 6.92 Å². The smallest absolute Gasteiger partial charge is 0.273 e. The molecule has 0 aromatic carbocycles. The number of hydrogen-bond acceptors (Lipinski definition) is 2. The number of alkyl halides is 1. The van der Waals surface area contributed by atoms with E-state index in [0.29, 0.717) is 0 Å². The van der Waals surface area contributed by atoms with Crippen LogP contribution in [0.1, 0.15) is 6.92 Å². The van der Waals surface area contributed by atoms with Gasteiger partial charge >= 0.3 is 10.3 Å². The van der Waals surface area contributed by atoms with Crippen molar-refractivity contribution in [3.05, 3.63) is 0 Å². The number of halogens is 1. The molecule has 0 rings (SSSR count). The second kappa shape index (κ2) is 3.36. The van der Waals surface area contributed by atoms with E-state index in [-0.39, 0.29) is 11.9 Å². The van der Waals surface area contributed by atoms with E-state index in [9.17, 15) is 8.42 Å². The van der Waals surface area contributed by atoms with Crippen LogP contribution in [0.25, 0.3) is 0 Å². The van der Waals surface area contributed by atoms with Gasteiger partial charge in [-0.3, -0.25) is 4.55 Å². The molecular weight excluding hydrogens is 166 g/mol. The van der Waals surface area contributed by atoms with Crippen molar-refractivity contribution in [2.24, 2.45) is 0 Å². The third kappa shape index (κ3) is 8.16. The molecule has 0 saturated heterocycles. The van der Waals surface area contributed by atoms with Crippen molar-refractivity contribution in [2.45, 2.75) is 12.3 Å². The standard InChI is InChI=1S/C3H8ClNO3S/c1-3(4)2-5-9(6,7)8/h3,5H,2H2,1H3,(H,6,7,8). The maximum Gasteiger partial charge on any atom is 0.333 e. The van der Waals surface area contributed by atoms with Crippen LogP contribution in [0.15, 0.2) is 0 Å². The lowest BCUT2D eigenvalue weighted by Gasteiger charge is -2.00. The van der Waals surface area contributed by atoms with Gasteiger partial charge in [0.05, 0.1) is 0 Å². The molecule has 0 fully saturated rings. The Morgan fingerprint density at radius 3 is 2.33 bits per heavy atom. The Kier molecular flexibility index (Phi) is 3.42. The summed E-state index contributed by atoms with van der Waals surface area (Å²) in [4.78, 5) is 0. The fraction of sp³-hybridized carbons (Fsp3) is 1.00. The van der Waals surface area contributed by atoms with Gasteiger partial charge in [-0.05, 0) is 6.92 Å². The van der Waals surface area contributed by atoms with E-state index in [4.69, 9.17) is 16.2 Å². The lowest BCUT2D eigenvalue weighted by atomic mass is 10.5. The molecule has 0 aliphatic carbocycles. The largest absolute Gasteiger partial charge is 0.333 e. The summed E-state index contributed by atoms with van der Waals surface area (Å²) in [5.74, 6) is 0. The molecule has 0 bridgehead atoms. The van der Waals surface area contributed by atoms with E-state index < -0.39 is 10.3 Å². The first-order chi connectivity index (χ1) is 3.92. The van der Waals surface area contributed by atoms with Crippen molar-refractivity contribution >= 4 is 21.9 Å². The van der Waals surface area contributed by atoms with Crippen LogP contribution in [-0.4, -0.2) is 24.9 Å². The summed E-state index contributed by atoms with van der Waals surface area (Å²) in [6.07, 6.45) is 0. The predicted molar refractivity (Wildman–Crippen MR) is 34.9 cm³/mol. The first kappa shape index (κ1) is 9.16. The van der Waals surface area contributed by atoms with Gasteiger partial charge < -0.3 is 0 Å². The highest BCUT2D eigenvalue weighted by Gasteiger charge is 2.03. The van der Waals surface area contributed by atoms with Crippen LogP contribution in [0.5, 0.6) is 0 Å². The topological polar surface area (TPSA) is 66.4 Å². The summed E-state index contributed by atoms with van der Waals surface area (Å²) in [6.45, 7) is 1.65. The highest BCUT2D eigenvalue weighted by Crippen LogP contribution is 1.89. The Morgan fingerprint density at radius 1 is 1.78 bits per heavy atom. The fourth-order valence-electron chi connectivity index (χ4n) is 0.220. The number of rotatable bonds is 3. The molecule has 0 spiro atoms. The molecule has 0 saturated carbocycles. The second-order valence-corrected chi connectivity index (χ2v) is 3.59. The minimum Gasteiger partial charge on any atom is -0.273 e. The molecule has 0 amide bonds. The molecular formula is C3H8ClNO3S. The molecule has 6 heteroatoms. The molecule has 1 unspecified atom stereocenters. The van der Waals surface area contributed by atoms with Gasteiger partial charge in [-0.25, -0.2) is 0 Å². The van der Waals surface area contributed by atoms with Gasteiger partial charge in [0, 0.05) is 11.9 Å². The van der Waals surface area contributed by atoms with E-state index in [1.165, 1.54) is 0 Å². The molecule has 0 aliphatic rings. The fourth-order valence-corrected chi connectivity index (χ4v) is 0.849. The Labute approximate surface area is 59.1 Å². The summed E-state index contributed by atoms with van der Waals surface area (Å²) in [7, 11) is -4.05. The van der Waals surface area contributed by atoms with Crippen LogP contribution < -0.4 is 4.72 Å². The first-order valence-electron chi connectivity index (χ1n) is 2.28. The predicted octanol–water partition coefficient (Wildman–Crippen LogP) is 0.00610. The van der Waals surface area contributed by atoms with Crippen LogP contribution in [-0.2, 0) is 10.3 Å². The van der Waals surface area contributed by atoms with Gasteiger partial charge in [0.2, 0.25) is 0 Å². The SMILES string of the molecule is CC(Cl)CNS(=O)(=O)O. The zero-order chi connectivity index (χ0) is 7.49. The van der Waals surface area contributed by atoms with Crippen molar-refractivity contribution in [1.29, 1.82) is 0 Å².